The van der Waals surface area contributed by atoms with Gasteiger partial charge in [0.15, 0.2) is 0 Å². The fourth-order valence-electron chi connectivity index (χ4n) is 1.72. The normalized spacial score (nSPS) is 22.8. The van der Waals surface area contributed by atoms with Crippen molar-refractivity contribution in [3.8, 4) is 0 Å². The molecule has 1 aromatic heterocycles. The van der Waals surface area contributed by atoms with Gasteiger partial charge in [-0.15, -0.1) is 0 Å². The summed E-state index contributed by atoms with van der Waals surface area (Å²) in [7, 11) is 0. The molecule has 1 aliphatic rings. The second-order valence-corrected chi connectivity index (χ2v) is 3.46. The molecule has 0 fully saturated rings. The van der Waals surface area contributed by atoms with E-state index in [-0.39, 0.29) is 0 Å². The van der Waals surface area contributed by atoms with Gasteiger partial charge in [-0.2, -0.15) is 0 Å². The van der Waals surface area contributed by atoms with Crippen LogP contribution in [0.1, 0.15) is 24.6 Å². The Morgan fingerprint density at radius 2 is 2.45 bits per heavy atom. The minimum absolute atomic E-state index is 0.831. The maximum atomic E-state index is 4.37. The molecule has 0 N–H and O–H groups in total. The molecular weight excluding hydrogens is 134 g/mol. The third-order valence-corrected chi connectivity index (χ3v) is 2.43. The highest BCUT2D eigenvalue weighted by Crippen LogP contribution is 2.22. The summed E-state index contributed by atoms with van der Waals surface area (Å²) in [6.45, 7) is 2.30. The molecule has 0 bridgehead atoms. The molecule has 1 heterocycles. The topological polar surface area (TPSA) is 12.9 Å². The Bertz CT molecular complexity index is 255. The average Bonchev–Trinajstić information content (AvgIpc) is 2.04. The van der Waals surface area contributed by atoms with Gasteiger partial charge >= 0.3 is 0 Å². The molecule has 0 aliphatic heterocycles. The zero-order chi connectivity index (χ0) is 7.68. The van der Waals surface area contributed by atoms with Crippen molar-refractivity contribution in [3.05, 3.63) is 29.6 Å². The lowest BCUT2D eigenvalue weighted by Crippen LogP contribution is -2.12. The number of pyridine rings is 1. The van der Waals surface area contributed by atoms with Crippen LogP contribution >= 0.6 is 0 Å². The molecule has 11 heavy (non-hydrogen) atoms. The summed E-state index contributed by atoms with van der Waals surface area (Å²) in [4.78, 5) is 4.37. The van der Waals surface area contributed by atoms with E-state index in [1.54, 1.807) is 0 Å². The predicted molar refractivity (Wildman–Crippen MR) is 45.4 cm³/mol. The molecule has 1 heteroatoms. The van der Waals surface area contributed by atoms with Crippen LogP contribution in [0.2, 0.25) is 0 Å². The molecule has 0 aromatic carbocycles. The Balaban J connectivity index is 2.34. The van der Waals surface area contributed by atoms with Gasteiger partial charge in [0.05, 0.1) is 0 Å². The van der Waals surface area contributed by atoms with Gasteiger partial charge in [-0.25, -0.2) is 0 Å². The zero-order valence-electron chi connectivity index (χ0n) is 6.88. The summed E-state index contributed by atoms with van der Waals surface area (Å²) in [6.07, 6.45) is 5.64. The SMILES string of the molecule is CC1CCc2cccnc2C1. The maximum absolute atomic E-state index is 4.37. The van der Waals surface area contributed by atoms with E-state index in [0.717, 1.165) is 5.92 Å². The van der Waals surface area contributed by atoms with Crippen molar-refractivity contribution in [1.82, 2.24) is 4.98 Å². The van der Waals surface area contributed by atoms with Gasteiger partial charge in [0.1, 0.15) is 0 Å². The highest BCUT2D eigenvalue weighted by Gasteiger charge is 2.14. The Hall–Kier alpha value is -0.850. The van der Waals surface area contributed by atoms with E-state index >= 15 is 0 Å². The van der Waals surface area contributed by atoms with Crippen molar-refractivity contribution in [1.29, 1.82) is 0 Å². The molecule has 1 atom stereocenters. The molecule has 2 rings (SSSR count). The first-order valence-electron chi connectivity index (χ1n) is 4.29. The van der Waals surface area contributed by atoms with Gasteiger partial charge in [0.25, 0.3) is 0 Å². The molecule has 1 nitrogen and oxygen atoms in total. The van der Waals surface area contributed by atoms with Crippen molar-refractivity contribution in [2.45, 2.75) is 26.2 Å². The van der Waals surface area contributed by atoms with E-state index in [2.05, 4.69) is 18.0 Å². The number of aryl methyl sites for hydroxylation is 1. The molecule has 0 amide bonds. The summed E-state index contributed by atoms with van der Waals surface area (Å²) in [5, 5.41) is 0. The summed E-state index contributed by atoms with van der Waals surface area (Å²) < 4.78 is 0. The lowest BCUT2D eigenvalue weighted by molar-refractivity contribution is 0.492. The van der Waals surface area contributed by atoms with Crippen molar-refractivity contribution in [2.24, 2.45) is 5.92 Å². The molecule has 0 radical (unpaired) electrons. The molecule has 1 aliphatic carbocycles. The maximum Gasteiger partial charge on any atom is 0.0438 e. The average molecular weight is 147 g/mol. The van der Waals surface area contributed by atoms with E-state index < -0.39 is 0 Å². The van der Waals surface area contributed by atoms with Crippen LogP contribution in [0.25, 0.3) is 0 Å². The van der Waals surface area contributed by atoms with E-state index in [1.807, 2.05) is 12.3 Å². The van der Waals surface area contributed by atoms with Gasteiger partial charge in [-0.1, -0.05) is 13.0 Å². The zero-order valence-corrected chi connectivity index (χ0v) is 6.88. The highest BCUT2D eigenvalue weighted by atomic mass is 14.7. The third kappa shape index (κ3) is 1.28. The van der Waals surface area contributed by atoms with Gasteiger partial charge in [0, 0.05) is 11.9 Å². The van der Waals surface area contributed by atoms with Gasteiger partial charge in [-0.3, -0.25) is 4.98 Å². The second kappa shape index (κ2) is 2.65. The Labute approximate surface area is 67.5 Å². The van der Waals surface area contributed by atoms with Gasteiger partial charge < -0.3 is 0 Å². The Morgan fingerprint density at radius 1 is 1.55 bits per heavy atom. The summed E-state index contributed by atoms with van der Waals surface area (Å²) >= 11 is 0. The first-order chi connectivity index (χ1) is 5.36. The van der Waals surface area contributed by atoms with E-state index in [1.165, 1.54) is 30.5 Å². The first kappa shape index (κ1) is 6.84. The second-order valence-electron chi connectivity index (χ2n) is 3.46. The largest absolute Gasteiger partial charge is 0.261 e. The number of hydrogen-bond acceptors (Lipinski definition) is 1. The predicted octanol–water partition coefficient (Wildman–Crippen LogP) is 2.21. The lowest BCUT2D eigenvalue weighted by atomic mass is 9.88. The van der Waals surface area contributed by atoms with Crippen LogP contribution in [0.3, 0.4) is 0 Å². The van der Waals surface area contributed by atoms with Gasteiger partial charge in [0.2, 0.25) is 0 Å². The van der Waals surface area contributed by atoms with Crippen molar-refractivity contribution in [2.75, 3.05) is 0 Å². The molecular formula is C10H13N. The minimum Gasteiger partial charge on any atom is -0.261 e. The Morgan fingerprint density at radius 3 is 3.36 bits per heavy atom. The fraction of sp³-hybridized carbons (Fsp3) is 0.500. The standard InChI is InChI=1S/C10H13N/c1-8-4-5-9-3-2-6-11-10(9)7-8/h2-3,6,8H,4-5,7H2,1H3. The van der Waals surface area contributed by atoms with Crippen LogP contribution in [0, 0.1) is 5.92 Å². The minimum atomic E-state index is 0.831. The summed E-state index contributed by atoms with van der Waals surface area (Å²) in [5.74, 6) is 0.831. The van der Waals surface area contributed by atoms with E-state index in [0.29, 0.717) is 0 Å². The van der Waals surface area contributed by atoms with Crippen LogP contribution < -0.4 is 0 Å². The number of aromatic nitrogens is 1. The number of hydrogen-bond donors (Lipinski definition) is 0. The third-order valence-electron chi connectivity index (χ3n) is 2.43. The van der Waals surface area contributed by atoms with Crippen LogP contribution in [-0.4, -0.2) is 4.98 Å². The van der Waals surface area contributed by atoms with Crippen LogP contribution in [0.4, 0.5) is 0 Å². The number of rotatable bonds is 0. The smallest absolute Gasteiger partial charge is 0.0438 e. The van der Waals surface area contributed by atoms with Crippen LogP contribution in [0.5, 0.6) is 0 Å². The monoisotopic (exact) mass is 147 g/mol. The molecule has 1 aromatic rings. The molecule has 0 saturated carbocycles. The van der Waals surface area contributed by atoms with E-state index in [4.69, 9.17) is 0 Å². The molecule has 0 saturated heterocycles. The highest BCUT2D eigenvalue weighted by molar-refractivity contribution is 5.22. The fourth-order valence-corrected chi connectivity index (χ4v) is 1.72. The van der Waals surface area contributed by atoms with Crippen molar-refractivity contribution >= 4 is 0 Å². The van der Waals surface area contributed by atoms with Crippen LogP contribution in [-0.2, 0) is 12.8 Å². The first-order valence-corrected chi connectivity index (χ1v) is 4.29. The Kier molecular flexibility index (Phi) is 1.65. The van der Waals surface area contributed by atoms with Crippen molar-refractivity contribution < 1.29 is 0 Å². The van der Waals surface area contributed by atoms with Crippen LogP contribution in [0.15, 0.2) is 18.3 Å². The molecule has 58 valence electrons. The van der Waals surface area contributed by atoms with Crippen molar-refractivity contribution in [3.63, 3.8) is 0 Å². The lowest BCUT2D eigenvalue weighted by Gasteiger charge is -2.19. The summed E-state index contributed by atoms with van der Waals surface area (Å²) in [5.41, 5.74) is 2.79. The molecule has 1 unspecified atom stereocenters. The number of nitrogens with zero attached hydrogens (tertiary/aromatic N) is 1. The van der Waals surface area contributed by atoms with E-state index in [9.17, 15) is 0 Å². The van der Waals surface area contributed by atoms with Gasteiger partial charge in [-0.05, 0) is 36.8 Å². The molecule has 0 spiro atoms. The quantitative estimate of drug-likeness (QED) is 0.548. The summed E-state index contributed by atoms with van der Waals surface area (Å²) in [6, 6.07) is 4.24. The number of fused-ring (bicyclic) bond motifs is 1.